The maximum Gasteiger partial charge on any atom is 0.241 e. The van der Waals surface area contributed by atoms with Gasteiger partial charge in [0.25, 0.3) is 0 Å². The highest BCUT2D eigenvalue weighted by Gasteiger charge is 2.02. The molecule has 4 nitrogen and oxygen atoms in total. The van der Waals surface area contributed by atoms with Crippen LogP contribution in [0.1, 0.15) is 0 Å². The van der Waals surface area contributed by atoms with Gasteiger partial charge in [-0.1, -0.05) is 0 Å². The number of anilines is 1. The van der Waals surface area contributed by atoms with Gasteiger partial charge in [-0.15, -0.1) is 0 Å². The van der Waals surface area contributed by atoms with Gasteiger partial charge in [0.1, 0.15) is 5.75 Å². The zero-order valence-corrected chi connectivity index (χ0v) is 8.32. The maximum atomic E-state index is 11.2. The van der Waals surface area contributed by atoms with Crippen LogP contribution in [-0.4, -0.2) is 36.6 Å². The minimum atomic E-state index is 0.0121. The molecule has 0 bridgehead atoms. The van der Waals surface area contributed by atoms with Gasteiger partial charge < -0.3 is 15.3 Å². The van der Waals surface area contributed by atoms with Crippen molar-refractivity contribution in [1.82, 2.24) is 4.90 Å². The Labute approximate surface area is 83.2 Å². The average molecular weight is 194 g/mol. The molecular weight excluding hydrogens is 180 g/mol. The molecule has 0 aliphatic carbocycles. The van der Waals surface area contributed by atoms with Crippen molar-refractivity contribution in [2.75, 3.05) is 26.0 Å². The minimum Gasteiger partial charge on any atom is -0.508 e. The van der Waals surface area contributed by atoms with Gasteiger partial charge in [-0.05, 0) is 24.3 Å². The van der Waals surface area contributed by atoms with Gasteiger partial charge in [0.15, 0.2) is 0 Å². The fraction of sp³-hybridized carbons (Fsp3) is 0.300. The normalized spacial score (nSPS) is 9.57. The number of carbonyl (C=O) groups is 1. The average Bonchev–Trinajstić information content (AvgIpc) is 2.16. The Bertz CT molecular complexity index is 306. The molecule has 76 valence electrons. The molecule has 0 saturated heterocycles. The Hall–Kier alpha value is -1.71. The quantitative estimate of drug-likeness (QED) is 0.703. The number of nitrogens with zero attached hydrogens (tertiary/aromatic N) is 1. The number of rotatable bonds is 3. The van der Waals surface area contributed by atoms with Crippen LogP contribution in [0.4, 0.5) is 5.69 Å². The van der Waals surface area contributed by atoms with Crippen LogP contribution in [-0.2, 0) is 4.79 Å². The smallest absolute Gasteiger partial charge is 0.241 e. The molecule has 1 aromatic carbocycles. The van der Waals surface area contributed by atoms with Crippen molar-refractivity contribution in [3.63, 3.8) is 0 Å². The Balaban J connectivity index is 2.46. The first-order valence-corrected chi connectivity index (χ1v) is 4.32. The zero-order valence-electron chi connectivity index (χ0n) is 8.32. The molecule has 0 spiro atoms. The monoisotopic (exact) mass is 194 g/mol. The van der Waals surface area contributed by atoms with Gasteiger partial charge in [-0.2, -0.15) is 0 Å². The number of amides is 1. The third-order valence-electron chi connectivity index (χ3n) is 1.81. The van der Waals surface area contributed by atoms with E-state index >= 15 is 0 Å². The van der Waals surface area contributed by atoms with Crippen LogP contribution in [0.5, 0.6) is 5.75 Å². The van der Waals surface area contributed by atoms with Crippen molar-refractivity contribution in [3.05, 3.63) is 24.3 Å². The highest BCUT2D eigenvalue weighted by Crippen LogP contribution is 2.13. The molecule has 0 fully saturated rings. The SMILES string of the molecule is CN(C)C(=O)CNc1ccc(O)cc1. The summed E-state index contributed by atoms with van der Waals surface area (Å²) in [6.07, 6.45) is 0. The number of likely N-dealkylation sites (N-methyl/N-ethyl adjacent to an activating group) is 1. The van der Waals surface area contributed by atoms with Crippen LogP contribution in [0.3, 0.4) is 0 Å². The minimum absolute atomic E-state index is 0.0121. The van der Waals surface area contributed by atoms with E-state index in [0.29, 0.717) is 0 Å². The van der Waals surface area contributed by atoms with Crippen molar-refractivity contribution in [1.29, 1.82) is 0 Å². The second-order valence-electron chi connectivity index (χ2n) is 3.19. The molecule has 1 rings (SSSR count). The number of hydrogen-bond acceptors (Lipinski definition) is 3. The van der Waals surface area contributed by atoms with E-state index in [4.69, 9.17) is 5.11 Å². The van der Waals surface area contributed by atoms with E-state index in [-0.39, 0.29) is 18.2 Å². The number of phenols is 1. The largest absolute Gasteiger partial charge is 0.508 e. The van der Waals surface area contributed by atoms with Crippen molar-refractivity contribution >= 4 is 11.6 Å². The van der Waals surface area contributed by atoms with Crippen molar-refractivity contribution in [2.24, 2.45) is 0 Å². The van der Waals surface area contributed by atoms with E-state index in [2.05, 4.69) is 5.32 Å². The number of phenolic OH excluding ortho intramolecular Hbond substituents is 1. The van der Waals surface area contributed by atoms with E-state index in [1.165, 1.54) is 4.90 Å². The first-order valence-electron chi connectivity index (χ1n) is 4.32. The molecule has 1 amide bonds. The fourth-order valence-corrected chi connectivity index (χ4v) is 0.915. The highest BCUT2D eigenvalue weighted by molar-refractivity contribution is 5.80. The predicted octanol–water partition coefficient (Wildman–Crippen LogP) is 0.892. The van der Waals surface area contributed by atoms with Gasteiger partial charge in [0.05, 0.1) is 6.54 Å². The number of aromatic hydroxyl groups is 1. The number of hydrogen-bond donors (Lipinski definition) is 2. The van der Waals surface area contributed by atoms with Crippen LogP contribution in [0, 0.1) is 0 Å². The predicted molar refractivity (Wildman–Crippen MR) is 55.3 cm³/mol. The first-order chi connectivity index (χ1) is 6.59. The van der Waals surface area contributed by atoms with Crippen molar-refractivity contribution < 1.29 is 9.90 Å². The molecule has 0 heterocycles. The third kappa shape index (κ3) is 2.97. The van der Waals surface area contributed by atoms with E-state index in [0.717, 1.165) is 5.69 Å². The zero-order chi connectivity index (χ0) is 10.6. The van der Waals surface area contributed by atoms with Gasteiger partial charge >= 0.3 is 0 Å². The first kappa shape index (κ1) is 10.4. The summed E-state index contributed by atoms with van der Waals surface area (Å²) in [5.74, 6) is 0.229. The topological polar surface area (TPSA) is 52.6 Å². The summed E-state index contributed by atoms with van der Waals surface area (Å²) >= 11 is 0. The van der Waals surface area contributed by atoms with E-state index < -0.39 is 0 Å². The standard InChI is InChI=1S/C10H14N2O2/c1-12(2)10(14)7-11-8-3-5-9(13)6-4-8/h3-6,11,13H,7H2,1-2H3. The number of carbonyl (C=O) groups excluding carboxylic acids is 1. The maximum absolute atomic E-state index is 11.2. The van der Waals surface area contributed by atoms with Crippen molar-refractivity contribution in [3.8, 4) is 5.75 Å². The molecule has 0 saturated carbocycles. The van der Waals surface area contributed by atoms with E-state index in [1.54, 1.807) is 38.4 Å². The summed E-state index contributed by atoms with van der Waals surface area (Å²) in [7, 11) is 3.42. The molecule has 0 unspecified atom stereocenters. The second kappa shape index (κ2) is 4.50. The molecule has 0 atom stereocenters. The lowest BCUT2D eigenvalue weighted by molar-refractivity contribution is -0.126. The van der Waals surface area contributed by atoms with Crippen LogP contribution in [0.25, 0.3) is 0 Å². The Morgan fingerprint density at radius 1 is 1.36 bits per heavy atom. The molecule has 4 heteroatoms. The van der Waals surface area contributed by atoms with Crippen molar-refractivity contribution in [2.45, 2.75) is 0 Å². The lowest BCUT2D eigenvalue weighted by Crippen LogP contribution is -2.28. The summed E-state index contributed by atoms with van der Waals surface area (Å²) < 4.78 is 0. The van der Waals surface area contributed by atoms with E-state index in [9.17, 15) is 4.79 Å². The van der Waals surface area contributed by atoms with Crippen LogP contribution in [0.15, 0.2) is 24.3 Å². The van der Waals surface area contributed by atoms with E-state index in [1.807, 2.05) is 0 Å². The molecular formula is C10H14N2O2. The molecule has 0 aliphatic rings. The Kier molecular flexibility index (Phi) is 3.34. The summed E-state index contributed by atoms with van der Waals surface area (Å²) in [5, 5.41) is 12.0. The second-order valence-corrected chi connectivity index (χ2v) is 3.19. The van der Waals surface area contributed by atoms with Gasteiger partial charge in [0, 0.05) is 19.8 Å². The molecule has 2 N–H and O–H groups in total. The van der Waals surface area contributed by atoms with Gasteiger partial charge in [0.2, 0.25) is 5.91 Å². The van der Waals surface area contributed by atoms with Crippen LogP contribution < -0.4 is 5.32 Å². The number of nitrogens with one attached hydrogen (secondary N) is 1. The third-order valence-corrected chi connectivity index (χ3v) is 1.81. The lowest BCUT2D eigenvalue weighted by atomic mass is 10.3. The molecule has 0 aromatic heterocycles. The lowest BCUT2D eigenvalue weighted by Gasteiger charge is -2.11. The molecule has 1 aromatic rings. The molecule has 0 aliphatic heterocycles. The summed E-state index contributed by atoms with van der Waals surface area (Å²) in [4.78, 5) is 12.7. The van der Waals surface area contributed by atoms with Gasteiger partial charge in [-0.3, -0.25) is 4.79 Å². The Morgan fingerprint density at radius 3 is 2.43 bits per heavy atom. The highest BCUT2D eigenvalue weighted by atomic mass is 16.3. The Morgan fingerprint density at radius 2 is 1.93 bits per heavy atom. The molecule has 0 radical (unpaired) electrons. The summed E-state index contributed by atoms with van der Waals surface area (Å²) in [6, 6.07) is 6.58. The molecule has 14 heavy (non-hydrogen) atoms. The summed E-state index contributed by atoms with van der Waals surface area (Å²) in [5.41, 5.74) is 0.818. The van der Waals surface area contributed by atoms with Crippen LogP contribution >= 0.6 is 0 Å². The summed E-state index contributed by atoms with van der Waals surface area (Å²) in [6.45, 7) is 0.262. The van der Waals surface area contributed by atoms with Gasteiger partial charge in [-0.25, -0.2) is 0 Å². The number of benzene rings is 1. The fourth-order valence-electron chi connectivity index (χ4n) is 0.915. The van der Waals surface area contributed by atoms with Crippen LogP contribution in [0.2, 0.25) is 0 Å².